The summed E-state index contributed by atoms with van der Waals surface area (Å²) in [5, 5.41) is 6.60. The van der Waals surface area contributed by atoms with Crippen LogP contribution in [-0.2, 0) is 28.4 Å². The maximum Gasteiger partial charge on any atom is 0.437 e. The van der Waals surface area contributed by atoms with Gasteiger partial charge in [0.1, 0.15) is 0 Å². The number of ether oxygens (including phenoxy) is 1. The fraction of sp³-hybridized carbons (Fsp3) is 0.353. The Morgan fingerprint density at radius 2 is 1.79 bits per heavy atom. The van der Waals surface area contributed by atoms with E-state index in [0.717, 1.165) is 7.05 Å². The Hall–Kier alpha value is -3.05. The van der Waals surface area contributed by atoms with Crippen LogP contribution in [0.25, 0.3) is 0 Å². The molecule has 0 bridgehead atoms. The van der Waals surface area contributed by atoms with Crippen LogP contribution in [0.4, 0.5) is 26.3 Å². The lowest BCUT2D eigenvalue weighted by molar-refractivity contribution is -0.278. The highest BCUT2D eigenvalue weighted by Gasteiger charge is 2.64. The van der Waals surface area contributed by atoms with Gasteiger partial charge in [0.05, 0.1) is 30.5 Å². The molecule has 156 valence electrons. The van der Waals surface area contributed by atoms with Crippen molar-refractivity contribution in [3.63, 3.8) is 0 Å². The van der Waals surface area contributed by atoms with Crippen LogP contribution in [0.3, 0.4) is 0 Å². The van der Waals surface area contributed by atoms with Crippen molar-refractivity contribution in [2.45, 2.75) is 24.4 Å². The van der Waals surface area contributed by atoms with Gasteiger partial charge in [-0.2, -0.15) is 31.4 Å². The van der Waals surface area contributed by atoms with Crippen LogP contribution in [0.15, 0.2) is 35.5 Å². The number of nitrogens with zero attached hydrogens (tertiary/aromatic N) is 3. The van der Waals surface area contributed by atoms with E-state index < -0.39 is 41.7 Å². The van der Waals surface area contributed by atoms with Gasteiger partial charge in [-0.1, -0.05) is 17.3 Å². The van der Waals surface area contributed by atoms with Crippen molar-refractivity contribution in [2.24, 2.45) is 12.2 Å². The minimum absolute atomic E-state index is 0.145. The minimum Gasteiger partial charge on any atom is -0.465 e. The molecule has 1 aliphatic rings. The molecular weight excluding hydrogens is 408 g/mol. The fourth-order valence-corrected chi connectivity index (χ4v) is 2.92. The Morgan fingerprint density at radius 1 is 1.17 bits per heavy atom. The number of methoxy groups -OCH3 is 1. The summed E-state index contributed by atoms with van der Waals surface area (Å²) in [5.74, 6) is -0.639. The first kappa shape index (κ1) is 20.7. The van der Waals surface area contributed by atoms with E-state index in [2.05, 4.69) is 15.0 Å². The topological polar surface area (TPSA) is 65.7 Å². The highest BCUT2D eigenvalue weighted by Crippen LogP contribution is 2.49. The number of hydrogen-bond acceptors (Lipinski definition) is 5. The lowest BCUT2D eigenvalue weighted by atomic mass is 9.89. The molecule has 0 amide bonds. The summed E-state index contributed by atoms with van der Waals surface area (Å²) in [7, 11) is 2.14. The number of carbonyl (C=O) groups is 1. The molecule has 2 aromatic rings. The number of alkyl halides is 6. The molecule has 1 aromatic heterocycles. The third-order valence-electron chi connectivity index (χ3n) is 4.41. The summed E-state index contributed by atoms with van der Waals surface area (Å²) in [6, 6.07) is 5.62. The van der Waals surface area contributed by atoms with Crippen molar-refractivity contribution >= 4 is 11.7 Å². The summed E-state index contributed by atoms with van der Waals surface area (Å²) in [5.41, 5.74) is -5.20. The number of aromatic nitrogens is 2. The standard InChI is InChI=1S/C17H13F6N3O3/c1-26-13(7-12(24-26)16(18,19)20)15(17(21,22)23)8-11(25-29-15)9-3-5-10(6-4-9)14(27)28-2/h3-7H,8H2,1-2H3. The first-order valence-corrected chi connectivity index (χ1v) is 8.01. The van der Waals surface area contributed by atoms with Crippen LogP contribution < -0.4 is 0 Å². The molecule has 0 fully saturated rings. The fourth-order valence-electron chi connectivity index (χ4n) is 2.92. The van der Waals surface area contributed by atoms with Crippen LogP contribution in [0.5, 0.6) is 0 Å². The molecule has 0 saturated carbocycles. The molecule has 2 heterocycles. The molecule has 1 unspecified atom stereocenters. The van der Waals surface area contributed by atoms with Crippen molar-refractivity contribution in [3.05, 3.63) is 52.8 Å². The van der Waals surface area contributed by atoms with E-state index in [1.165, 1.54) is 31.4 Å². The number of halogens is 6. The smallest absolute Gasteiger partial charge is 0.437 e. The minimum atomic E-state index is -5.08. The molecular formula is C17H13F6N3O3. The van der Waals surface area contributed by atoms with Crippen molar-refractivity contribution < 1.29 is 40.7 Å². The quantitative estimate of drug-likeness (QED) is 0.559. The number of benzene rings is 1. The van der Waals surface area contributed by atoms with Gasteiger partial charge >= 0.3 is 18.3 Å². The van der Waals surface area contributed by atoms with Gasteiger partial charge < -0.3 is 9.57 Å². The van der Waals surface area contributed by atoms with E-state index >= 15 is 0 Å². The van der Waals surface area contributed by atoms with Gasteiger partial charge in [-0.3, -0.25) is 4.68 Å². The van der Waals surface area contributed by atoms with Crippen molar-refractivity contribution in [1.29, 1.82) is 0 Å². The molecule has 0 spiro atoms. The largest absolute Gasteiger partial charge is 0.465 e. The maximum atomic E-state index is 13.9. The van der Waals surface area contributed by atoms with Crippen molar-refractivity contribution in [3.8, 4) is 0 Å². The first-order chi connectivity index (χ1) is 13.4. The summed E-state index contributed by atoms with van der Waals surface area (Å²) in [4.78, 5) is 16.2. The average molecular weight is 421 g/mol. The molecule has 0 saturated heterocycles. The second-order valence-electron chi connectivity index (χ2n) is 6.24. The van der Waals surface area contributed by atoms with Gasteiger partial charge in [0, 0.05) is 7.05 Å². The average Bonchev–Trinajstić information content (AvgIpc) is 3.25. The van der Waals surface area contributed by atoms with Gasteiger partial charge in [-0.15, -0.1) is 0 Å². The molecule has 1 aromatic carbocycles. The normalized spacial score (nSPS) is 19.7. The lowest BCUT2D eigenvalue weighted by Gasteiger charge is -2.28. The molecule has 0 N–H and O–H groups in total. The molecule has 1 atom stereocenters. The second kappa shape index (κ2) is 6.78. The predicted molar refractivity (Wildman–Crippen MR) is 86.0 cm³/mol. The zero-order chi connectivity index (χ0) is 21.6. The Balaban J connectivity index is 1.98. The SMILES string of the molecule is COC(=O)c1ccc(C2=NOC(c3cc(C(F)(F)F)nn3C)(C(F)(F)F)C2)cc1. The molecule has 3 rings (SSSR count). The highest BCUT2D eigenvalue weighted by molar-refractivity contribution is 6.02. The lowest BCUT2D eigenvalue weighted by Crippen LogP contribution is -2.44. The molecule has 6 nitrogen and oxygen atoms in total. The Kier molecular flexibility index (Phi) is 4.83. The van der Waals surface area contributed by atoms with Crippen molar-refractivity contribution in [1.82, 2.24) is 9.78 Å². The van der Waals surface area contributed by atoms with E-state index in [1.54, 1.807) is 0 Å². The van der Waals surface area contributed by atoms with E-state index in [9.17, 15) is 31.1 Å². The van der Waals surface area contributed by atoms with Crippen LogP contribution in [0.1, 0.15) is 33.7 Å². The Bertz CT molecular complexity index is 962. The Morgan fingerprint density at radius 3 is 2.28 bits per heavy atom. The van der Waals surface area contributed by atoms with E-state index in [1.807, 2.05) is 0 Å². The Labute approximate surface area is 159 Å². The summed E-state index contributed by atoms with van der Waals surface area (Å²) in [6.45, 7) is 0. The van der Waals surface area contributed by atoms with Gasteiger partial charge in [-0.05, 0) is 23.8 Å². The third kappa shape index (κ3) is 3.54. The molecule has 29 heavy (non-hydrogen) atoms. The van der Waals surface area contributed by atoms with E-state index in [-0.39, 0.29) is 16.8 Å². The third-order valence-corrected chi connectivity index (χ3v) is 4.41. The monoisotopic (exact) mass is 421 g/mol. The molecule has 1 aliphatic heterocycles. The molecule has 0 radical (unpaired) electrons. The zero-order valence-electron chi connectivity index (χ0n) is 14.9. The van der Waals surface area contributed by atoms with Crippen LogP contribution in [0, 0.1) is 0 Å². The number of oxime groups is 1. The summed E-state index contributed by atoms with van der Waals surface area (Å²) < 4.78 is 85.4. The van der Waals surface area contributed by atoms with E-state index in [4.69, 9.17) is 4.84 Å². The van der Waals surface area contributed by atoms with Gasteiger partial charge in [0.25, 0.3) is 5.60 Å². The van der Waals surface area contributed by atoms with E-state index in [0.29, 0.717) is 10.7 Å². The number of carbonyl (C=O) groups excluding carboxylic acids is 1. The highest BCUT2D eigenvalue weighted by atomic mass is 19.4. The number of esters is 1. The zero-order valence-corrected chi connectivity index (χ0v) is 14.9. The number of aryl methyl sites for hydroxylation is 1. The number of hydrogen-bond donors (Lipinski definition) is 0. The van der Waals surface area contributed by atoms with Gasteiger partial charge in [-0.25, -0.2) is 4.79 Å². The van der Waals surface area contributed by atoms with Gasteiger partial charge in [0.15, 0.2) is 5.69 Å². The van der Waals surface area contributed by atoms with Crippen LogP contribution in [0.2, 0.25) is 0 Å². The van der Waals surface area contributed by atoms with Crippen LogP contribution >= 0.6 is 0 Å². The van der Waals surface area contributed by atoms with Crippen LogP contribution in [-0.4, -0.2) is 34.7 Å². The summed E-state index contributed by atoms with van der Waals surface area (Å²) >= 11 is 0. The predicted octanol–water partition coefficient (Wildman–Crippen LogP) is 3.81. The maximum absolute atomic E-state index is 13.9. The summed E-state index contributed by atoms with van der Waals surface area (Å²) in [6.07, 6.45) is -10.9. The second-order valence-corrected chi connectivity index (χ2v) is 6.24. The number of rotatable bonds is 3. The van der Waals surface area contributed by atoms with Crippen molar-refractivity contribution in [2.75, 3.05) is 7.11 Å². The van der Waals surface area contributed by atoms with Gasteiger partial charge in [0.2, 0.25) is 0 Å². The molecule has 0 aliphatic carbocycles. The molecule has 12 heteroatoms. The first-order valence-electron chi connectivity index (χ1n) is 8.01.